The largest absolute Gasteiger partial charge is 0.399 e. The summed E-state index contributed by atoms with van der Waals surface area (Å²) in [6.45, 7) is 3.88. The average molecular weight is 272 g/mol. The maximum Gasteiger partial charge on any atom is 0.243 e. The van der Waals surface area contributed by atoms with Crippen molar-refractivity contribution >= 4 is 15.7 Å². The molecule has 1 aromatic carbocycles. The molecule has 0 saturated carbocycles. The molecule has 0 spiro atoms. The van der Waals surface area contributed by atoms with Crippen molar-refractivity contribution in [2.24, 2.45) is 0 Å². The van der Waals surface area contributed by atoms with Gasteiger partial charge in [0.05, 0.1) is 11.5 Å². The van der Waals surface area contributed by atoms with Gasteiger partial charge in [-0.05, 0) is 37.6 Å². The highest BCUT2D eigenvalue weighted by atomic mass is 32.2. The maximum absolute atomic E-state index is 12.4. The van der Waals surface area contributed by atoms with Crippen LogP contribution in [0.25, 0.3) is 0 Å². The van der Waals surface area contributed by atoms with Crippen LogP contribution in [0, 0.1) is 6.92 Å². The first kappa shape index (κ1) is 14.9. The lowest BCUT2D eigenvalue weighted by Gasteiger charge is -2.24. The molecule has 0 saturated heterocycles. The smallest absolute Gasteiger partial charge is 0.243 e. The van der Waals surface area contributed by atoms with Crippen molar-refractivity contribution in [2.45, 2.75) is 24.8 Å². The Bertz CT molecular complexity index is 514. The minimum absolute atomic E-state index is 0.225. The highest BCUT2D eigenvalue weighted by Gasteiger charge is 2.26. The number of nitrogens with two attached hydrogens (primary N) is 1. The summed E-state index contributed by atoms with van der Waals surface area (Å²) in [6.07, 6.45) is 0. The molecule has 0 aliphatic carbocycles. The van der Waals surface area contributed by atoms with Crippen LogP contribution >= 0.6 is 0 Å². The second-order valence-electron chi connectivity index (χ2n) is 4.35. The molecule has 0 radical (unpaired) electrons. The standard InChI is InChI=1S/C12H20N2O3S/c1-9-7-11(13)5-6-12(9)18(15,16)14(3)10(2)8-17-4/h5-7,10H,8,13H2,1-4H3. The molecule has 5 nitrogen and oxygen atoms in total. The average Bonchev–Trinajstić information content (AvgIpc) is 2.27. The van der Waals surface area contributed by atoms with Gasteiger partial charge in [-0.3, -0.25) is 0 Å². The van der Waals surface area contributed by atoms with Gasteiger partial charge in [0.15, 0.2) is 0 Å². The van der Waals surface area contributed by atoms with E-state index in [4.69, 9.17) is 10.5 Å². The third-order valence-corrected chi connectivity index (χ3v) is 5.02. The van der Waals surface area contributed by atoms with Crippen molar-refractivity contribution < 1.29 is 13.2 Å². The Morgan fingerprint density at radius 2 is 2.06 bits per heavy atom. The summed E-state index contributed by atoms with van der Waals surface area (Å²) in [5.74, 6) is 0. The minimum atomic E-state index is -3.51. The van der Waals surface area contributed by atoms with Crippen molar-refractivity contribution in [3.8, 4) is 0 Å². The number of benzene rings is 1. The van der Waals surface area contributed by atoms with Crippen LogP contribution in [0.3, 0.4) is 0 Å². The molecule has 0 aromatic heterocycles. The molecule has 6 heteroatoms. The molecular weight excluding hydrogens is 252 g/mol. The second-order valence-corrected chi connectivity index (χ2v) is 6.32. The fourth-order valence-corrected chi connectivity index (χ4v) is 3.25. The number of anilines is 1. The lowest BCUT2D eigenvalue weighted by atomic mass is 10.2. The quantitative estimate of drug-likeness (QED) is 0.818. The SMILES string of the molecule is COCC(C)N(C)S(=O)(=O)c1ccc(N)cc1C. The molecule has 0 aliphatic heterocycles. The van der Waals surface area contributed by atoms with Crippen molar-refractivity contribution in [3.05, 3.63) is 23.8 Å². The van der Waals surface area contributed by atoms with Gasteiger partial charge in [0.25, 0.3) is 0 Å². The molecule has 1 rings (SSSR count). The van der Waals surface area contributed by atoms with Gasteiger partial charge in [0.2, 0.25) is 10.0 Å². The minimum Gasteiger partial charge on any atom is -0.399 e. The summed E-state index contributed by atoms with van der Waals surface area (Å²) in [4.78, 5) is 0.280. The van der Waals surface area contributed by atoms with E-state index >= 15 is 0 Å². The molecule has 0 heterocycles. The lowest BCUT2D eigenvalue weighted by Crippen LogP contribution is -2.38. The highest BCUT2D eigenvalue weighted by Crippen LogP contribution is 2.22. The van der Waals surface area contributed by atoms with Gasteiger partial charge in [-0.2, -0.15) is 4.31 Å². The number of aryl methyl sites for hydroxylation is 1. The van der Waals surface area contributed by atoms with Crippen LogP contribution in [0.2, 0.25) is 0 Å². The second kappa shape index (κ2) is 5.69. The first-order valence-electron chi connectivity index (χ1n) is 5.63. The summed E-state index contributed by atoms with van der Waals surface area (Å²) in [7, 11) is -0.413. The van der Waals surface area contributed by atoms with Crippen molar-refractivity contribution in [2.75, 3.05) is 26.5 Å². The zero-order valence-corrected chi connectivity index (χ0v) is 12.0. The Labute approximate surface area is 109 Å². The molecule has 102 valence electrons. The fraction of sp³-hybridized carbons (Fsp3) is 0.500. The van der Waals surface area contributed by atoms with Crippen LogP contribution in [0.5, 0.6) is 0 Å². The molecule has 0 amide bonds. The monoisotopic (exact) mass is 272 g/mol. The third-order valence-electron chi connectivity index (χ3n) is 2.88. The Morgan fingerprint density at radius 1 is 1.44 bits per heavy atom. The van der Waals surface area contributed by atoms with E-state index in [1.165, 1.54) is 10.4 Å². The first-order valence-corrected chi connectivity index (χ1v) is 7.07. The van der Waals surface area contributed by atoms with Crippen LogP contribution in [0.15, 0.2) is 23.1 Å². The Balaban J connectivity index is 3.13. The number of sulfonamides is 1. The number of nitrogens with zero attached hydrogens (tertiary/aromatic N) is 1. The predicted molar refractivity (Wildman–Crippen MR) is 71.9 cm³/mol. The van der Waals surface area contributed by atoms with E-state index < -0.39 is 10.0 Å². The number of ether oxygens (including phenoxy) is 1. The number of hydrogen-bond acceptors (Lipinski definition) is 4. The van der Waals surface area contributed by atoms with E-state index in [9.17, 15) is 8.42 Å². The van der Waals surface area contributed by atoms with E-state index in [1.807, 2.05) is 0 Å². The van der Waals surface area contributed by atoms with Gasteiger partial charge in [0.1, 0.15) is 0 Å². The molecular formula is C12H20N2O3S. The summed E-state index contributed by atoms with van der Waals surface area (Å²) < 4.78 is 31.1. The fourth-order valence-electron chi connectivity index (χ4n) is 1.70. The van der Waals surface area contributed by atoms with Crippen LogP contribution in [-0.4, -0.2) is 39.5 Å². The van der Waals surface area contributed by atoms with Crippen molar-refractivity contribution in [1.82, 2.24) is 4.31 Å². The van der Waals surface area contributed by atoms with Gasteiger partial charge >= 0.3 is 0 Å². The van der Waals surface area contributed by atoms with Crippen molar-refractivity contribution in [3.63, 3.8) is 0 Å². The summed E-state index contributed by atoms with van der Waals surface area (Å²) >= 11 is 0. The van der Waals surface area contributed by atoms with Crippen LogP contribution < -0.4 is 5.73 Å². The van der Waals surface area contributed by atoms with Gasteiger partial charge in [-0.1, -0.05) is 0 Å². The summed E-state index contributed by atoms with van der Waals surface area (Å²) in [5, 5.41) is 0. The Kier molecular flexibility index (Phi) is 4.72. The van der Waals surface area contributed by atoms with Crippen LogP contribution in [-0.2, 0) is 14.8 Å². The van der Waals surface area contributed by atoms with Crippen LogP contribution in [0.4, 0.5) is 5.69 Å². The lowest BCUT2D eigenvalue weighted by molar-refractivity contribution is 0.149. The Morgan fingerprint density at radius 3 is 2.56 bits per heavy atom. The number of hydrogen-bond donors (Lipinski definition) is 1. The third kappa shape index (κ3) is 3.01. The molecule has 0 fully saturated rings. The highest BCUT2D eigenvalue weighted by molar-refractivity contribution is 7.89. The van der Waals surface area contributed by atoms with E-state index in [0.29, 0.717) is 17.9 Å². The number of nitrogen functional groups attached to an aromatic ring is 1. The van der Waals surface area contributed by atoms with Crippen LogP contribution in [0.1, 0.15) is 12.5 Å². The molecule has 2 N–H and O–H groups in total. The zero-order chi connectivity index (χ0) is 13.9. The number of methoxy groups -OCH3 is 1. The maximum atomic E-state index is 12.4. The predicted octanol–water partition coefficient (Wildman–Crippen LogP) is 1.23. The van der Waals surface area contributed by atoms with Crippen molar-refractivity contribution in [1.29, 1.82) is 0 Å². The van der Waals surface area contributed by atoms with Gasteiger partial charge in [-0.25, -0.2) is 8.42 Å². The number of rotatable bonds is 5. The molecule has 0 bridgehead atoms. The molecule has 1 unspecified atom stereocenters. The normalized spacial score (nSPS) is 13.8. The molecule has 1 aromatic rings. The number of likely N-dealkylation sites (N-methyl/N-ethyl adjacent to an activating group) is 1. The van der Waals surface area contributed by atoms with Gasteiger partial charge in [-0.15, -0.1) is 0 Å². The Hall–Kier alpha value is -1.11. The topological polar surface area (TPSA) is 72.6 Å². The van der Waals surface area contributed by atoms with Gasteiger partial charge < -0.3 is 10.5 Å². The van der Waals surface area contributed by atoms with E-state index in [1.54, 1.807) is 40.1 Å². The first-order chi connectivity index (χ1) is 8.30. The molecule has 1 atom stereocenters. The zero-order valence-electron chi connectivity index (χ0n) is 11.2. The molecule has 0 aliphatic rings. The van der Waals surface area contributed by atoms with E-state index in [2.05, 4.69) is 0 Å². The van der Waals surface area contributed by atoms with Gasteiger partial charge in [0, 0.05) is 25.9 Å². The van der Waals surface area contributed by atoms with E-state index in [-0.39, 0.29) is 10.9 Å². The molecule has 18 heavy (non-hydrogen) atoms. The summed E-state index contributed by atoms with van der Waals surface area (Å²) in [5.41, 5.74) is 6.83. The van der Waals surface area contributed by atoms with E-state index in [0.717, 1.165) is 0 Å². The summed E-state index contributed by atoms with van der Waals surface area (Å²) in [6, 6.07) is 4.56.